The predicted octanol–water partition coefficient (Wildman–Crippen LogP) is 0.908. The van der Waals surface area contributed by atoms with Crippen molar-refractivity contribution in [2.24, 2.45) is 10.9 Å². The molecule has 4 N–H and O–H groups in total. The lowest BCUT2D eigenvalue weighted by Gasteiger charge is -2.24. The maximum absolute atomic E-state index is 12.1. The molecular weight excluding hydrogens is 234 g/mol. The molecule has 1 rings (SSSR count). The third-order valence-electron chi connectivity index (χ3n) is 2.89. The number of phenolic OH excluding ortho intramolecular Hbond substituents is 1. The van der Waals surface area contributed by atoms with E-state index in [-0.39, 0.29) is 17.5 Å². The van der Waals surface area contributed by atoms with E-state index >= 15 is 0 Å². The Morgan fingerprint density at radius 1 is 1.50 bits per heavy atom. The smallest absolute Gasteiger partial charge is 0.254 e. The number of benzene rings is 1. The van der Waals surface area contributed by atoms with E-state index in [0.717, 1.165) is 0 Å². The summed E-state index contributed by atoms with van der Waals surface area (Å²) in [6.07, 6.45) is 0. The van der Waals surface area contributed by atoms with Crippen molar-refractivity contribution in [2.75, 3.05) is 7.05 Å². The second-order valence-corrected chi connectivity index (χ2v) is 4.12. The van der Waals surface area contributed by atoms with Crippen LogP contribution < -0.4 is 5.73 Å². The minimum absolute atomic E-state index is 0.0404. The fraction of sp³-hybridized carbons (Fsp3) is 0.333. The van der Waals surface area contributed by atoms with Crippen molar-refractivity contribution in [3.63, 3.8) is 0 Å². The third kappa shape index (κ3) is 2.71. The summed E-state index contributed by atoms with van der Waals surface area (Å²) in [4.78, 5) is 13.5. The van der Waals surface area contributed by atoms with Gasteiger partial charge in [0, 0.05) is 12.6 Å². The first-order chi connectivity index (χ1) is 8.38. The van der Waals surface area contributed by atoms with E-state index in [1.165, 1.54) is 17.0 Å². The van der Waals surface area contributed by atoms with Crippen LogP contribution in [0.4, 0.5) is 0 Å². The lowest BCUT2D eigenvalue weighted by atomic mass is 10.1. The molecule has 98 valence electrons. The van der Waals surface area contributed by atoms with Crippen molar-refractivity contribution in [3.05, 3.63) is 29.3 Å². The lowest BCUT2D eigenvalue weighted by Crippen LogP contribution is -2.43. The van der Waals surface area contributed by atoms with Gasteiger partial charge >= 0.3 is 0 Å². The molecule has 0 bridgehead atoms. The van der Waals surface area contributed by atoms with E-state index in [2.05, 4.69) is 5.16 Å². The summed E-state index contributed by atoms with van der Waals surface area (Å²) >= 11 is 0. The van der Waals surface area contributed by atoms with Gasteiger partial charge in [-0.15, -0.1) is 0 Å². The Labute approximate surface area is 105 Å². The monoisotopic (exact) mass is 251 g/mol. The Morgan fingerprint density at radius 2 is 2.11 bits per heavy atom. The van der Waals surface area contributed by atoms with Crippen molar-refractivity contribution in [3.8, 4) is 5.75 Å². The van der Waals surface area contributed by atoms with Crippen LogP contribution in [0.15, 0.2) is 23.4 Å². The number of likely N-dealkylation sites (N-methyl/N-ethyl adjacent to an activating group) is 1. The van der Waals surface area contributed by atoms with E-state index < -0.39 is 6.04 Å². The van der Waals surface area contributed by atoms with Crippen LogP contribution in [0.2, 0.25) is 0 Å². The zero-order chi connectivity index (χ0) is 13.9. The number of rotatable bonds is 3. The summed E-state index contributed by atoms with van der Waals surface area (Å²) < 4.78 is 0. The first-order valence-corrected chi connectivity index (χ1v) is 5.42. The molecule has 0 aliphatic rings. The van der Waals surface area contributed by atoms with Gasteiger partial charge < -0.3 is 20.9 Å². The van der Waals surface area contributed by atoms with Gasteiger partial charge in [0.15, 0.2) is 5.84 Å². The van der Waals surface area contributed by atoms with E-state index in [0.29, 0.717) is 11.1 Å². The Kier molecular flexibility index (Phi) is 4.14. The highest BCUT2D eigenvalue weighted by molar-refractivity contribution is 5.98. The number of phenols is 1. The largest absolute Gasteiger partial charge is 0.508 e. The first-order valence-electron chi connectivity index (χ1n) is 5.42. The van der Waals surface area contributed by atoms with Gasteiger partial charge in [-0.25, -0.2) is 0 Å². The zero-order valence-electron chi connectivity index (χ0n) is 10.6. The van der Waals surface area contributed by atoms with Crippen LogP contribution in [0, 0.1) is 6.92 Å². The van der Waals surface area contributed by atoms with Crippen molar-refractivity contribution in [1.29, 1.82) is 0 Å². The summed E-state index contributed by atoms with van der Waals surface area (Å²) in [6, 6.07) is 4.06. The molecule has 0 radical (unpaired) electrons. The number of hydrogen-bond acceptors (Lipinski definition) is 4. The van der Waals surface area contributed by atoms with Crippen LogP contribution in [-0.2, 0) is 0 Å². The molecule has 18 heavy (non-hydrogen) atoms. The summed E-state index contributed by atoms with van der Waals surface area (Å²) in [5.41, 5.74) is 6.51. The molecular formula is C12H17N3O3. The molecule has 1 amide bonds. The van der Waals surface area contributed by atoms with Crippen LogP contribution in [0.1, 0.15) is 22.8 Å². The number of carbonyl (C=O) groups excluding carboxylic acids is 1. The topological polar surface area (TPSA) is 99.2 Å². The predicted molar refractivity (Wildman–Crippen MR) is 67.8 cm³/mol. The molecule has 1 aromatic carbocycles. The van der Waals surface area contributed by atoms with E-state index in [1.807, 2.05) is 0 Å². The fourth-order valence-electron chi connectivity index (χ4n) is 1.45. The van der Waals surface area contributed by atoms with Gasteiger partial charge in [-0.3, -0.25) is 4.79 Å². The number of amidine groups is 1. The molecule has 0 aliphatic heterocycles. The standard InChI is InChI=1S/C12H17N3O3/c1-7-6-9(4-5-10(7)16)12(17)15(3)8(2)11(13)14-18/h4-6,8,16,18H,1-3H3,(H2,13,14). The fourth-order valence-corrected chi connectivity index (χ4v) is 1.45. The quantitative estimate of drug-likeness (QED) is 0.322. The van der Waals surface area contributed by atoms with E-state index in [9.17, 15) is 9.90 Å². The number of nitrogens with zero attached hydrogens (tertiary/aromatic N) is 2. The highest BCUT2D eigenvalue weighted by Crippen LogP contribution is 2.18. The molecule has 0 spiro atoms. The summed E-state index contributed by atoms with van der Waals surface area (Å²) in [7, 11) is 1.56. The number of aromatic hydroxyl groups is 1. The van der Waals surface area contributed by atoms with E-state index in [1.54, 1.807) is 27.0 Å². The Hall–Kier alpha value is -2.24. The van der Waals surface area contributed by atoms with Crippen LogP contribution in [0.3, 0.4) is 0 Å². The number of aryl methyl sites for hydroxylation is 1. The highest BCUT2D eigenvalue weighted by Gasteiger charge is 2.20. The average Bonchev–Trinajstić information content (AvgIpc) is 2.38. The molecule has 0 fully saturated rings. The molecule has 1 aromatic rings. The van der Waals surface area contributed by atoms with Crippen molar-refractivity contribution >= 4 is 11.7 Å². The second-order valence-electron chi connectivity index (χ2n) is 4.12. The second kappa shape index (κ2) is 5.39. The molecule has 6 heteroatoms. The molecule has 1 atom stereocenters. The number of hydrogen-bond donors (Lipinski definition) is 3. The first kappa shape index (κ1) is 13.8. The van der Waals surface area contributed by atoms with Crippen molar-refractivity contribution in [1.82, 2.24) is 4.90 Å². The summed E-state index contributed by atoms with van der Waals surface area (Å²) in [6.45, 7) is 3.36. The van der Waals surface area contributed by atoms with Gasteiger partial charge in [0.2, 0.25) is 0 Å². The van der Waals surface area contributed by atoms with Crippen LogP contribution in [0.25, 0.3) is 0 Å². The number of carbonyl (C=O) groups is 1. The van der Waals surface area contributed by atoms with Gasteiger partial charge in [0.25, 0.3) is 5.91 Å². The highest BCUT2D eigenvalue weighted by atomic mass is 16.4. The van der Waals surface area contributed by atoms with Gasteiger partial charge in [0.1, 0.15) is 5.75 Å². The minimum Gasteiger partial charge on any atom is -0.508 e. The molecule has 1 unspecified atom stereocenters. The summed E-state index contributed by atoms with van der Waals surface area (Å²) in [5, 5.41) is 20.9. The van der Waals surface area contributed by atoms with Gasteiger partial charge in [-0.1, -0.05) is 5.16 Å². The Bertz CT molecular complexity index is 485. The van der Waals surface area contributed by atoms with Crippen LogP contribution in [-0.4, -0.2) is 40.0 Å². The zero-order valence-corrected chi connectivity index (χ0v) is 10.6. The molecule has 0 saturated heterocycles. The maximum Gasteiger partial charge on any atom is 0.254 e. The SMILES string of the molecule is Cc1cc(C(=O)N(C)C(C)/C(N)=N/O)ccc1O. The Morgan fingerprint density at radius 3 is 2.61 bits per heavy atom. The molecule has 0 heterocycles. The van der Waals surface area contributed by atoms with E-state index in [4.69, 9.17) is 10.9 Å². The number of oxime groups is 1. The minimum atomic E-state index is -0.517. The lowest BCUT2D eigenvalue weighted by molar-refractivity contribution is 0.0776. The van der Waals surface area contributed by atoms with Crippen LogP contribution >= 0.6 is 0 Å². The van der Waals surface area contributed by atoms with Gasteiger partial charge in [0.05, 0.1) is 6.04 Å². The molecule has 0 saturated carbocycles. The van der Waals surface area contributed by atoms with Gasteiger partial charge in [-0.05, 0) is 37.6 Å². The number of nitrogens with two attached hydrogens (primary N) is 1. The maximum atomic E-state index is 12.1. The van der Waals surface area contributed by atoms with Crippen molar-refractivity contribution in [2.45, 2.75) is 19.9 Å². The van der Waals surface area contributed by atoms with Crippen molar-refractivity contribution < 1.29 is 15.1 Å². The van der Waals surface area contributed by atoms with Gasteiger partial charge in [-0.2, -0.15) is 0 Å². The molecule has 6 nitrogen and oxygen atoms in total. The Balaban J connectivity index is 2.96. The average molecular weight is 251 g/mol. The molecule has 0 aliphatic carbocycles. The molecule has 0 aromatic heterocycles. The summed E-state index contributed by atoms with van der Waals surface area (Å²) in [5.74, 6) is -0.169. The van der Waals surface area contributed by atoms with Crippen LogP contribution in [0.5, 0.6) is 5.75 Å². The normalized spacial score (nSPS) is 13.2. The number of amides is 1. The third-order valence-corrected chi connectivity index (χ3v) is 2.89.